The number of methoxy groups -OCH3 is 1. The molecule has 27 heavy (non-hydrogen) atoms. The maximum absolute atomic E-state index is 13.0. The van der Waals surface area contributed by atoms with E-state index in [4.69, 9.17) is 9.72 Å². The molecular weight excluding hydrogens is 345 g/mol. The van der Waals surface area contributed by atoms with E-state index in [0.29, 0.717) is 5.82 Å². The normalized spacial score (nSPS) is 15.0. The number of ether oxygens (including phenoxy) is 1. The molecule has 0 amide bonds. The molecular formula is C20H20FN5O. The molecule has 1 aliphatic heterocycles. The van der Waals surface area contributed by atoms with E-state index in [0.717, 1.165) is 55.0 Å². The molecule has 2 aromatic heterocycles. The van der Waals surface area contributed by atoms with Crippen molar-refractivity contribution >= 4 is 5.82 Å². The average Bonchev–Trinajstić information content (AvgIpc) is 2.74. The zero-order valence-electron chi connectivity index (χ0n) is 15.0. The average molecular weight is 365 g/mol. The summed E-state index contributed by atoms with van der Waals surface area (Å²) in [6.45, 7) is 1.63. The minimum absolute atomic E-state index is 0.282. The maximum atomic E-state index is 13.0. The van der Waals surface area contributed by atoms with Gasteiger partial charge < -0.3 is 9.64 Å². The second kappa shape index (κ2) is 7.65. The summed E-state index contributed by atoms with van der Waals surface area (Å²) in [7, 11) is 1.66. The summed E-state index contributed by atoms with van der Waals surface area (Å²) < 4.78 is 18.4. The molecule has 1 saturated heterocycles. The second-order valence-electron chi connectivity index (χ2n) is 6.46. The number of rotatable bonds is 4. The lowest BCUT2D eigenvalue weighted by molar-refractivity contribution is 0.416. The fraction of sp³-hybridized carbons (Fsp3) is 0.300. The highest BCUT2D eigenvalue weighted by Crippen LogP contribution is 2.31. The van der Waals surface area contributed by atoms with Crippen molar-refractivity contribution < 1.29 is 9.13 Å². The summed E-state index contributed by atoms with van der Waals surface area (Å²) in [5.74, 6) is 2.08. The minimum atomic E-state index is -0.560. The fourth-order valence-electron chi connectivity index (χ4n) is 3.41. The Morgan fingerprint density at radius 1 is 1.04 bits per heavy atom. The van der Waals surface area contributed by atoms with Gasteiger partial charge in [0.1, 0.15) is 17.4 Å². The van der Waals surface area contributed by atoms with Crippen LogP contribution in [-0.4, -0.2) is 40.1 Å². The molecule has 3 heterocycles. The van der Waals surface area contributed by atoms with Crippen LogP contribution < -0.4 is 9.64 Å². The smallest absolute Gasteiger partial charge is 0.231 e. The molecule has 0 atom stereocenters. The zero-order chi connectivity index (χ0) is 18.6. The number of piperidine rings is 1. The van der Waals surface area contributed by atoms with Crippen LogP contribution in [0.1, 0.15) is 24.6 Å². The Labute approximate surface area is 157 Å². The van der Waals surface area contributed by atoms with E-state index in [2.05, 4.69) is 19.9 Å². The number of hydrogen-bond donors (Lipinski definition) is 0. The molecule has 4 rings (SSSR count). The van der Waals surface area contributed by atoms with Crippen LogP contribution >= 0.6 is 0 Å². The molecule has 1 aromatic carbocycles. The standard InChI is InChI=1S/C20H20FN5O/c1-27-17-5-3-2-4-15(17)16-6-9-22-20(25-16)14-7-10-26(11-8-14)19-13-23-18(21)12-24-19/h2-6,9,12-14H,7-8,10-11H2,1H3. The molecule has 0 N–H and O–H groups in total. The number of anilines is 1. The summed E-state index contributed by atoms with van der Waals surface area (Å²) in [6.07, 6.45) is 6.26. The summed E-state index contributed by atoms with van der Waals surface area (Å²) in [5.41, 5.74) is 1.83. The Bertz CT molecular complexity index is 910. The highest BCUT2D eigenvalue weighted by molar-refractivity contribution is 5.66. The van der Waals surface area contributed by atoms with E-state index < -0.39 is 5.95 Å². The first kappa shape index (κ1) is 17.3. The summed E-state index contributed by atoms with van der Waals surface area (Å²) in [6, 6.07) is 9.75. The number of halogens is 1. The maximum Gasteiger partial charge on any atom is 0.231 e. The van der Waals surface area contributed by atoms with Crippen molar-refractivity contribution in [1.82, 2.24) is 19.9 Å². The van der Waals surface area contributed by atoms with Crippen LogP contribution in [0.2, 0.25) is 0 Å². The highest BCUT2D eigenvalue weighted by atomic mass is 19.1. The molecule has 138 valence electrons. The molecule has 3 aromatic rings. The number of hydrogen-bond acceptors (Lipinski definition) is 6. The largest absolute Gasteiger partial charge is 0.496 e. The first-order chi connectivity index (χ1) is 13.2. The van der Waals surface area contributed by atoms with Gasteiger partial charge in [-0.25, -0.2) is 19.9 Å². The van der Waals surface area contributed by atoms with Crippen LogP contribution in [-0.2, 0) is 0 Å². The zero-order valence-corrected chi connectivity index (χ0v) is 15.0. The van der Waals surface area contributed by atoms with Gasteiger partial charge in [0.15, 0.2) is 0 Å². The van der Waals surface area contributed by atoms with E-state index in [9.17, 15) is 4.39 Å². The lowest BCUT2D eigenvalue weighted by Gasteiger charge is -2.31. The third kappa shape index (κ3) is 3.72. The van der Waals surface area contributed by atoms with Gasteiger partial charge in [-0.2, -0.15) is 4.39 Å². The molecule has 1 aliphatic rings. The fourth-order valence-corrected chi connectivity index (χ4v) is 3.41. The first-order valence-electron chi connectivity index (χ1n) is 8.93. The van der Waals surface area contributed by atoms with Gasteiger partial charge in [0.25, 0.3) is 0 Å². The Hall–Kier alpha value is -3.09. The van der Waals surface area contributed by atoms with Crippen LogP contribution in [0.3, 0.4) is 0 Å². The van der Waals surface area contributed by atoms with Gasteiger partial charge in [-0.15, -0.1) is 0 Å². The highest BCUT2D eigenvalue weighted by Gasteiger charge is 2.24. The number of benzene rings is 1. The van der Waals surface area contributed by atoms with Gasteiger partial charge in [0, 0.05) is 30.8 Å². The second-order valence-corrected chi connectivity index (χ2v) is 6.46. The van der Waals surface area contributed by atoms with E-state index in [1.165, 1.54) is 6.20 Å². The molecule has 0 aliphatic carbocycles. The number of aromatic nitrogens is 4. The van der Waals surface area contributed by atoms with E-state index in [-0.39, 0.29) is 5.92 Å². The van der Waals surface area contributed by atoms with Gasteiger partial charge in [-0.3, -0.25) is 0 Å². The van der Waals surface area contributed by atoms with Crippen LogP contribution in [0, 0.1) is 5.95 Å². The van der Waals surface area contributed by atoms with Crippen molar-refractivity contribution in [3.8, 4) is 17.0 Å². The lowest BCUT2D eigenvalue weighted by Crippen LogP contribution is -2.34. The molecule has 7 heteroatoms. The van der Waals surface area contributed by atoms with Crippen LogP contribution in [0.4, 0.5) is 10.2 Å². The van der Waals surface area contributed by atoms with Crippen molar-refractivity contribution in [3.05, 3.63) is 60.7 Å². The van der Waals surface area contributed by atoms with E-state index in [1.807, 2.05) is 36.5 Å². The predicted molar refractivity (Wildman–Crippen MR) is 100 cm³/mol. The topological polar surface area (TPSA) is 64.0 Å². The lowest BCUT2D eigenvalue weighted by atomic mass is 9.95. The molecule has 0 saturated carbocycles. The summed E-state index contributed by atoms with van der Waals surface area (Å²) in [5, 5.41) is 0. The van der Waals surface area contributed by atoms with Crippen LogP contribution in [0.15, 0.2) is 48.9 Å². The SMILES string of the molecule is COc1ccccc1-c1ccnc(C2CCN(c3cnc(F)cn3)CC2)n1. The van der Waals surface area contributed by atoms with E-state index in [1.54, 1.807) is 7.11 Å². The molecule has 6 nitrogen and oxygen atoms in total. The summed E-state index contributed by atoms with van der Waals surface area (Å²) in [4.78, 5) is 19.2. The first-order valence-corrected chi connectivity index (χ1v) is 8.93. The number of para-hydroxylation sites is 1. The molecule has 0 spiro atoms. The monoisotopic (exact) mass is 365 g/mol. The van der Waals surface area contributed by atoms with Gasteiger partial charge in [-0.1, -0.05) is 12.1 Å². The van der Waals surface area contributed by atoms with Gasteiger partial charge >= 0.3 is 0 Å². The van der Waals surface area contributed by atoms with Crippen molar-refractivity contribution in [2.24, 2.45) is 0 Å². The van der Waals surface area contributed by atoms with Crippen molar-refractivity contribution in [2.75, 3.05) is 25.1 Å². The molecule has 0 radical (unpaired) electrons. The third-order valence-corrected chi connectivity index (χ3v) is 4.85. The van der Waals surface area contributed by atoms with Crippen molar-refractivity contribution in [3.63, 3.8) is 0 Å². The Morgan fingerprint density at radius 3 is 2.59 bits per heavy atom. The molecule has 0 bridgehead atoms. The van der Waals surface area contributed by atoms with Crippen LogP contribution in [0.5, 0.6) is 5.75 Å². The van der Waals surface area contributed by atoms with Crippen LogP contribution in [0.25, 0.3) is 11.3 Å². The Morgan fingerprint density at radius 2 is 1.85 bits per heavy atom. The Kier molecular flexibility index (Phi) is 4.91. The van der Waals surface area contributed by atoms with Gasteiger partial charge in [0.05, 0.1) is 25.2 Å². The third-order valence-electron chi connectivity index (χ3n) is 4.85. The quantitative estimate of drug-likeness (QED) is 0.705. The van der Waals surface area contributed by atoms with E-state index >= 15 is 0 Å². The molecule has 1 fully saturated rings. The van der Waals surface area contributed by atoms with Crippen molar-refractivity contribution in [2.45, 2.75) is 18.8 Å². The van der Waals surface area contributed by atoms with Gasteiger partial charge in [-0.05, 0) is 31.0 Å². The van der Waals surface area contributed by atoms with Gasteiger partial charge in [0.2, 0.25) is 5.95 Å². The van der Waals surface area contributed by atoms with Crippen molar-refractivity contribution in [1.29, 1.82) is 0 Å². The Balaban J connectivity index is 1.50. The minimum Gasteiger partial charge on any atom is -0.496 e. The number of nitrogens with zero attached hydrogens (tertiary/aromatic N) is 5. The predicted octanol–water partition coefficient (Wildman–Crippen LogP) is 3.47. The summed E-state index contributed by atoms with van der Waals surface area (Å²) >= 11 is 0. The molecule has 0 unspecified atom stereocenters.